The third-order valence-corrected chi connectivity index (χ3v) is 10.9. The first-order valence-electron chi connectivity index (χ1n) is 15.5. The van der Waals surface area contributed by atoms with E-state index in [2.05, 4.69) is 40.8 Å². The maximum Gasteiger partial charge on any atom is 0.261 e. The monoisotopic (exact) mass is 610 g/mol. The summed E-state index contributed by atoms with van der Waals surface area (Å²) < 4.78 is 21.5. The molecule has 1 fully saturated rings. The van der Waals surface area contributed by atoms with Crippen molar-refractivity contribution >= 4 is 35.1 Å². The molecule has 8 heteroatoms. The molecule has 6 nitrogen and oxygen atoms in total. The Morgan fingerprint density at radius 2 is 2.10 bits per heavy atom. The van der Waals surface area contributed by atoms with Crippen LogP contribution in [0, 0.1) is 17.8 Å². The van der Waals surface area contributed by atoms with Crippen LogP contribution in [-0.4, -0.2) is 57.8 Å². The van der Waals surface area contributed by atoms with Crippen LogP contribution >= 0.6 is 23.5 Å². The number of methoxy groups -OCH3 is 1. The Morgan fingerprint density at radius 3 is 2.93 bits per heavy atom. The normalized spacial score (nSPS) is 30.3. The van der Waals surface area contributed by atoms with E-state index < -0.39 is 0 Å². The van der Waals surface area contributed by atoms with E-state index in [1.54, 1.807) is 7.11 Å². The number of allylic oxidation sites excluding steroid dienone is 1. The van der Waals surface area contributed by atoms with Gasteiger partial charge in [0.2, 0.25) is 0 Å². The van der Waals surface area contributed by atoms with Gasteiger partial charge in [0.05, 0.1) is 31.6 Å². The summed E-state index contributed by atoms with van der Waals surface area (Å²) in [6.45, 7) is 5.78. The predicted molar refractivity (Wildman–Crippen MR) is 171 cm³/mol. The minimum atomic E-state index is -0.139. The number of carbonyl (C=O) groups excluding carboxylic acids is 1. The van der Waals surface area contributed by atoms with Crippen molar-refractivity contribution in [3.05, 3.63) is 70.3 Å². The number of fused-ring (bicyclic) bond motifs is 4. The SMILES string of the molecule is COCCO[C@H]1/C=C\C[C@@H](C)CSNC(=O)c2ccc3c(c2)N(C[C@@H]2CC[C@H]21)C[C@@]1(CCCc2cc(Cl)ccc21)CO3. The topological polar surface area (TPSA) is 60.0 Å². The van der Waals surface area contributed by atoms with E-state index >= 15 is 0 Å². The molecule has 42 heavy (non-hydrogen) atoms. The first-order chi connectivity index (χ1) is 20.5. The molecule has 2 heterocycles. The van der Waals surface area contributed by atoms with Gasteiger partial charge in [-0.15, -0.1) is 0 Å². The van der Waals surface area contributed by atoms with Gasteiger partial charge in [0.1, 0.15) is 5.75 Å². The van der Waals surface area contributed by atoms with Crippen LogP contribution in [0.2, 0.25) is 5.02 Å². The summed E-state index contributed by atoms with van der Waals surface area (Å²) >= 11 is 7.93. The van der Waals surface area contributed by atoms with Crippen molar-refractivity contribution in [2.24, 2.45) is 17.8 Å². The number of benzene rings is 2. The molecular weight excluding hydrogens is 568 g/mol. The van der Waals surface area contributed by atoms with E-state index in [1.165, 1.54) is 29.5 Å². The summed E-state index contributed by atoms with van der Waals surface area (Å²) in [4.78, 5) is 15.8. The molecule has 2 aromatic rings. The molecule has 2 bridgehead atoms. The van der Waals surface area contributed by atoms with Crippen LogP contribution in [0.1, 0.15) is 60.5 Å². The van der Waals surface area contributed by atoms with E-state index in [4.69, 9.17) is 25.8 Å². The molecule has 0 radical (unpaired) electrons. The van der Waals surface area contributed by atoms with Crippen LogP contribution in [0.3, 0.4) is 0 Å². The number of nitrogens with zero attached hydrogens (tertiary/aromatic N) is 1. The molecule has 4 aliphatic rings. The predicted octanol–water partition coefficient (Wildman–Crippen LogP) is 6.84. The Hall–Kier alpha value is -2.19. The van der Waals surface area contributed by atoms with E-state index in [1.807, 2.05) is 24.3 Å². The third-order valence-electron chi connectivity index (χ3n) is 9.65. The number of hydrogen-bond acceptors (Lipinski definition) is 6. The number of aryl methyl sites for hydroxylation is 1. The average Bonchev–Trinajstić information content (AvgIpc) is 3.11. The number of rotatable bonds is 4. The maximum absolute atomic E-state index is 13.2. The van der Waals surface area contributed by atoms with Gasteiger partial charge < -0.3 is 19.1 Å². The fourth-order valence-corrected chi connectivity index (χ4v) is 8.15. The summed E-state index contributed by atoms with van der Waals surface area (Å²) in [5.41, 5.74) is 4.24. The van der Waals surface area contributed by atoms with Crippen molar-refractivity contribution in [2.75, 3.05) is 50.7 Å². The molecule has 2 aliphatic carbocycles. The largest absolute Gasteiger partial charge is 0.490 e. The maximum atomic E-state index is 13.2. The number of ether oxygens (including phenoxy) is 3. The van der Waals surface area contributed by atoms with Crippen molar-refractivity contribution < 1.29 is 19.0 Å². The number of carbonyl (C=O) groups is 1. The van der Waals surface area contributed by atoms with Gasteiger partial charge in [0, 0.05) is 42.0 Å². The molecule has 1 amide bonds. The summed E-state index contributed by atoms with van der Waals surface area (Å²) in [7, 11) is 1.73. The van der Waals surface area contributed by atoms with E-state index in [9.17, 15) is 4.79 Å². The summed E-state index contributed by atoms with van der Waals surface area (Å²) in [6.07, 6.45) is 11.1. The van der Waals surface area contributed by atoms with E-state index in [0.717, 1.165) is 67.4 Å². The standard InChI is InChI=1S/C34H43ClN2O4S/c1-23-5-3-7-31(40-16-15-39-2)28-11-8-26(28)19-37-21-34(14-4-6-24-17-27(35)10-12-29(24)34)22-41-32-13-9-25(18-30(32)37)33(38)36-42-20-23/h3,7,9-10,12-13,17-18,23,26,28,31H,4-6,8,11,14-16,19-22H2,1-2H3,(H,36,38)/b7-3-/t23-,26+,28-,31+,34+/m1/s1. The Morgan fingerprint density at radius 1 is 1.19 bits per heavy atom. The molecule has 1 spiro atoms. The Labute approximate surface area is 259 Å². The number of amides is 1. The highest BCUT2D eigenvalue weighted by molar-refractivity contribution is 7.97. The van der Waals surface area contributed by atoms with Gasteiger partial charge in [-0.2, -0.15) is 0 Å². The third kappa shape index (κ3) is 6.35. The molecular formula is C34H43ClN2O4S. The van der Waals surface area contributed by atoms with Gasteiger partial charge in [0.25, 0.3) is 5.91 Å². The zero-order valence-electron chi connectivity index (χ0n) is 24.8. The van der Waals surface area contributed by atoms with Gasteiger partial charge in [0.15, 0.2) is 0 Å². The smallest absolute Gasteiger partial charge is 0.261 e. The first kappa shape index (κ1) is 29.9. The second-order valence-corrected chi connectivity index (χ2v) is 13.9. The van der Waals surface area contributed by atoms with E-state index in [-0.39, 0.29) is 17.4 Å². The molecule has 2 aliphatic heterocycles. The van der Waals surface area contributed by atoms with Gasteiger partial charge in [-0.05, 0) is 110 Å². The molecule has 0 saturated heterocycles. The van der Waals surface area contributed by atoms with Crippen molar-refractivity contribution in [1.82, 2.24) is 4.72 Å². The molecule has 0 unspecified atom stereocenters. The fourth-order valence-electron chi connectivity index (χ4n) is 7.20. The zero-order valence-corrected chi connectivity index (χ0v) is 26.4. The van der Waals surface area contributed by atoms with Crippen molar-refractivity contribution in [1.29, 1.82) is 0 Å². The molecule has 5 atom stereocenters. The highest BCUT2D eigenvalue weighted by atomic mass is 35.5. The van der Waals surface area contributed by atoms with Crippen LogP contribution < -0.4 is 14.4 Å². The van der Waals surface area contributed by atoms with Crippen molar-refractivity contribution in [3.63, 3.8) is 0 Å². The van der Waals surface area contributed by atoms with Crippen LogP contribution in [0.25, 0.3) is 0 Å². The minimum Gasteiger partial charge on any atom is -0.490 e. The molecule has 2 aromatic carbocycles. The molecule has 226 valence electrons. The van der Waals surface area contributed by atoms with Crippen molar-refractivity contribution in [2.45, 2.75) is 57.0 Å². The lowest BCUT2D eigenvalue weighted by atomic mass is 9.68. The second kappa shape index (κ2) is 13.2. The highest BCUT2D eigenvalue weighted by Gasteiger charge is 2.44. The quantitative estimate of drug-likeness (QED) is 0.232. The lowest BCUT2D eigenvalue weighted by Gasteiger charge is -2.46. The fraction of sp³-hybridized carbons (Fsp3) is 0.559. The lowest BCUT2D eigenvalue weighted by Crippen LogP contribution is -2.49. The lowest BCUT2D eigenvalue weighted by molar-refractivity contribution is -0.0309. The van der Waals surface area contributed by atoms with Crippen LogP contribution in [0.5, 0.6) is 5.75 Å². The number of halogens is 1. The Bertz CT molecular complexity index is 1300. The van der Waals surface area contributed by atoms with Crippen LogP contribution in [0.4, 0.5) is 5.69 Å². The van der Waals surface area contributed by atoms with Gasteiger partial charge in [-0.3, -0.25) is 9.52 Å². The molecule has 6 rings (SSSR count). The average molecular weight is 611 g/mol. The summed E-state index contributed by atoms with van der Waals surface area (Å²) in [6, 6.07) is 12.3. The van der Waals surface area contributed by atoms with Gasteiger partial charge >= 0.3 is 0 Å². The van der Waals surface area contributed by atoms with Crippen molar-refractivity contribution in [3.8, 4) is 5.75 Å². The summed E-state index contributed by atoms with van der Waals surface area (Å²) in [5.74, 6) is 3.03. The van der Waals surface area contributed by atoms with Gasteiger partial charge in [-0.25, -0.2) is 0 Å². The molecule has 1 N–H and O–H groups in total. The number of anilines is 1. The number of hydrogen-bond donors (Lipinski definition) is 1. The zero-order chi connectivity index (χ0) is 29.1. The highest BCUT2D eigenvalue weighted by Crippen LogP contribution is 2.47. The second-order valence-electron chi connectivity index (χ2n) is 12.6. The van der Waals surface area contributed by atoms with E-state index in [0.29, 0.717) is 43.1 Å². The minimum absolute atomic E-state index is 0.0534. The first-order valence-corrected chi connectivity index (χ1v) is 16.8. The Kier molecular flexibility index (Phi) is 9.39. The summed E-state index contributed by atoms with van der Waals surface area (Å²) in [5, 5.41) is 0.793. The molecule has 0 aromatic heterocycles. The molecule has 1 saturated carbocycles. The van der Waals surface area contributed by atoms with Gasteiger partial charge in [-0.1, -0.05) is 36.7 Å². The van der Waals surface area contributed by atoms with Crippen LogP contribution in [0.15, 0.2) is 48.6 Å². The van der Waals surface area contributed by atoms with Crippen LogP contribution in [-0.2, 0) is 21.3 Å². The Balaban J connectivity index is 1.36. The number of nitrogens with one attached hydrogen (secondary N) is 1.